The van der Waals surface area contributed by atoms with Crippen molar-refractivity contribution in [1.29, 1.82) is 0 Å². The van der Waals surface area contributed by atoms with E-state index in [4.69, 9.17) is 0 Å². The van der Waals surface area contributed by atoms with Gasteiger partial charge < -0.3 is 4.90 Å². The van der Waals surface area contributed by atoms with Crippen LogP contribution in [0.1, 0.15) is 74.9 Å². The van der Waals surface area contributed by atoms with Crippen molar-refractivity contribution in [2.45, 2.75) is 57.8 Å². The minimum atomic E-state index is -2.86. The van der Waals surface area contributed by atoms with E-state index < -0.39 is 13.5 Å². The topological polar surface area (TPSA) is 3.24 Å². The second-order valence-electron chi connectivity index (χ2n) is 20.4. The summed E-state index contributed by atoms with van der Waals surface area (Å²) in [5, 5.41) is 8.58. The minimum Gasteiger partial charge on any atom is -0.309 e. The SMILES string of the molecule is CC(C)(C)c1ccc2c(c1)[Si]1(c3ccccc3-c3ccc(N4c5ccccc5C5(c6ccccc6-c6ccccc65)c5ccc6ccccc6c54)cc31)c1cc(C(C)(C)C)ccc1-2. The molecule has 13 rings (SSSR count). The molecule has 9 aromatic carbocycles. The summed E-state index contributed by atoms with van der Waals surface area (Å²) >= 11 is 0. The van der Waals surface area contributed by atoms with Gasteiger partial charge in [0.25, 0.3) is 0 Å². The van der Waals surface area contributed by atoms with Gasteiger partial charge in [-0.05, 0) is 122 Å². The molecule has 2 heteroatoms. The maximum Gasteiger partial charge on any atom is 0.182 e. The van der Waals surface area contributed by atoms with Crippen LogP contribution in [0.5, 0.6) is 0 Å². The third kappa shape index (κ3) is 4.62. The van der Waals surface area contributed by atoms with Gasteiger partial charge >= 0.3 is 0 Å². The summed E-state index contributed by atoms with van der Waals surface area (Å²) in [6.45, 7) is 14.2. The molecule has 3 heterocycles. The van der Waals surface area contributed by atoms with Crippen LogP contribution in [0.15, 0.2) is 188 Å². The second-order valence-corrected chi connectivity index (χ2v) is 24.1. The molecule has 302 valence electrons. The van der Waals surface area contributed by atoms with Gasteiger partial charge in [0.15, 0.2) is 8.07 Å². The molecule has 0 amide bonds. The largest absolute Gasteiger partial charge is 0.309 e. The second kappa shape index (κ2) is 12.5. The highest BCUT2D eigenvalue weighted by Gasteiger charge is 2.56. The lowest BCUT2D eigenvalue weighted by Crippen LogP contribution is -2.71. The van der Waals surface area contributed by atoms with Crippen molar-refractivity contribution in [2.24, 2.45) is 0 Å². The van der Waals surface area contributed by atoms with E-state index in [0.717, 1.165) is 0 Å². The van der Waals surface area contributed by atoms with E-state index in [1.54, 1.807) is 0 Å². The van der Waals surface area contributed by atoms with Crippen molar-refractivity contribution >= 4 is 56.7 Å². The lowest BCUT2D eigenvalue weighted by atomic mass is 9.64. The predicted molar refractivity (Wildman–Crippen MR) is 268 cm³/mol. The van der Waals surface area contributed by atoms with Gasteiger partial charge in [-0.25, -0.2) is 0 Å². The number of para-hydroxylation sites is 1. The summed E-state index contributed by atoms with van der Waals surface area (Å²) in [5.74, 6) is 0. The van der Waals surface area contributed by atoms with Crippen molar-refractivity contribution < 1.29 is 0 Å². The molecule has 0 saturated carbocycles. The number of hydrogen-bond donors (Lipinski definition) is 0. The third-order valence-electron chi connectivity index (χ3n) is 15.2. The Hall–Kier alpha value is -6.74. The monoisotopic (exact) mass is 823 g/mol. The third-order valence-corrected chi connectivity index (χ3v) is 20.1. The van der Waals surface area contributed by atoms with Gasteiger partial charge in [-0.3, -0.25) is 0 Å². The number of fused-ring (bicyclic) bond motifs is 21. The summed E-state index contributed by atoms with van der Waals surface area (Å²) in [6, 6.07) is 73.3. The Morgan fingerprint density at radius 2 is 0.873 bits per heavy atom. The normalized spacial score (nSPS) is 15.4. The van der Waals surface area contributed by atoms with E-state index in [0.29, 0.717) is 0 Å². The lowest BCUT2D eigenvalue weighted by Gasteiger charge is -2.45. The molecule has 63 heavy (non-hydrogen) atoms. The van der Waals surface area contributed by atoms with E-state index in [1.165, 1.54) is 115 Å². The van der Waals surface area contributed by atoms with Gasteiger partial charge in [0.2, 0.25) is 0 Å². The van der Waals surface area contributed by atoms with Crippen molar-refractivity contribution in [3.8, 4) is 33.4 Å². The smallest absolute Gasteiger partial charge is 0.182 e. The van der Waals surface area contributed by atoms with Crippen molar-refractivity contribution in [3.05, 3.63) is 221 Å². The summed E-state index contributed by atoms with van der Waals surface area (Å²) < 4.78 is 0. The Bertz CT molecular complexity index is 3340. The molecule has 1 aliphatic carbocycles. The van der Waals surface area contributed by atoms with Crippen LogP contribution in [0.4, 0.5) is 17.1 Å². The Morgan fingerprint density at radius 1 is 0.381 bits per heavy atom. The fraction of sp³-hybridized carbons (Fsp3) is 0.148. The van der Waals surface area contributed by atoms with Gasteiger partial charge in [-0.1, -0.05) is 211 Å². The van der Waals surface area contributed by atoms with Gasteiger partial charge in [0, 0.05) is 11.1 Å². The molecule has 3 aliphatic heterocycles. The molecular weight excluding hydrogens is 775 g/mol. The van der Waals surface area contributed by atoms with Crippen LogP contribution < -0.4 is 25.6 Å². The molecule has 0 unspecified atom stereocenters. The quantitative estimate of drug-likeness (QED) is 0.149. The highest BCUT2D eigenvalue weighted by Crippen LogP contribution is 2.64. The summed E-state index contributed by atoms with van der Waals surface area (Å²) in [7, 11) is -2.86. The molecule has 1 nitrogen and oxygen atoms in total. The van der Waals surface area contributed by atoms with Crippen molar-refractivity contribution in [3.63, 3.8) is 0 Å². The number of anilines is 3. The van der Waals surface area contributed by atoms with Crippen LogP contribution in [-0.2, 0) is 16.2 Å². The van der Waals surface area contributed by atoms with Gasteiger partial charge in [-0.2, -0.15) is 0 Å². The van der Waals surface area contributed by atoms with E-state index in [-0.39, 0.29) is 10.8 Å². The first-order valence-electron chi connectivity index (χ1n) is 22.7. The molecular formula is C61H49NSi. The van der Waals surface area contributed by atoms with Crippen LogP contribution in [0.2, 0.25) is 0 Å². The fourth-order valence-corrected chi connectivity index (χ4v) is 18.1. The summed E-state index contributed by atoms with van der Waals surface area (Å²) in [5.41, 5.74) is 19.6. The number of rotatable bonds is 1. The first-order chi connectivity index (χ1) is 30.5. The molecule has 0 atom stereocenters. The van der Waals surface area contributed by atoms with E-state index >= 15 is 0 Å². The standard InChI is InChI=1S/C61H49NSi/c1-59(2,3)39-28-31-46-47-32-29-40(60(4,5)6)36-56(47)63(55(46)35-39)54-26-16-11-21-45(54)48-33-30-41(37-57(48)63)62-53-25-15-14-24-51(53)61(52-34-27-38-17-7-8-18-42(38)58(52)62)49-22-12-9-19-43(49)44-20-10-13-23-50(44)61/h7-37H,1-6H3. The molecule has 0 aromatic heterocycles. The maximum atomic E-state index is 2.64. The van der Waals surface area contributed by atoms with Crippen molar-refractivity contribution in [1.82, 2.24) is 0 Å². The van der Waals surface area contributed by atoms with Crippen LogP contribution in [0.3, 0.4) is 0 Å². The lowest BCUT2D eigenvalue weighted by molar-refractivity contribution is 0.590. The average molecular weight is 824 g/mol. The minimum absolute atomic E-state index is 0.00841. The highest BCUT2D eigenvalue weighted by molar-refractivity contribution is 7.24. The average Bonchev–Trinajstić information content (AvgIpc) is 3.88. The van der Waals surface area contributed by atoms with E-state index in [2.05, 4.69) is 234 Å². The van der Waals surface area contributed by atoms with E-state index in [1.807, 2.05) is 0 Å². The fourth-order valence-electron chi connectivity index (χ4n) is 12.4. The summed E-state index contributed by atoms with van der Waals surface area (Å²) in [4.78, 5) is 2.64. The van der Waals surface area contributed by atoms with Crippen LogP contribution in [-0.4, -0.2) is 8.07 Å². The van der Waals surface area contributed by atoms with Crippen LogP contribution in [0.25, 0.3) is 44.2 Å². The van der Waals surface area contributed by atoms with Crippen molar-refractivity contribution in [2.75, 3.05) is 4.90 Å². The molecule has 0 saturated heterocycles. The molecule has 0 radical (unpaired) electrons. The Kier molecular flexibility index (Phi) is 7.29. The molecule has 2 spiro atoms. The molecule has 4 aliphatic rings. The molecule has 0 bridgehead atoms. The number of hydrogen-bond acceptors (Lipinski definition) is 1. The van der Waals surface area contributed by atoms with Crippen LogP contribution >= 0.6 is 0 Å². The zero-order valence-electron chi connectivity index (χ0n) is 36.8. The van der Waals surface area contributed by atoms with Gasteiger partial charge in [-0.15, -0.1) is 0 Å². The zero-order valence-corrected chi connectivity index (χ0v) is 37.8. The summed E-state index contributed by atoms with van der Waals surface area (Å²) in [6.07, 6.45) is 0. The Morgan fingerprint density at radius 3 is 1.51 bits per heavy atom. The number of nitrogens with zero attached hydrogens (tertiary/aromatic N) is 1. The number of benzene rings is 9. The molecule has 0 N–H and O–H groups in total. The van der Waals surface area contributed by atoms with Gasteiger partial charge in [0.05, 0.1) is 16.8 Å². The van der Waals surface area contributed by atoms with Gasteiger partial charge in [0.1, 0.15) is 0 Å². The zero-order chi connectivity index (χ0) is 42.6. The predicted octanol–water partition coefficient (Wildman–Crippen LogP) is 12.9. The first kappa shape index (κ1) is 36.9. The molecule has 9 aromatic rings. The highest BCUT2D eigenvalue weighted by atomic mass is 28.3. The van der Waals surface area contributed by atoms with E-state index in [9.17, 15) is 0 Å². The maximum absolute atomic E-state index is 2.86. The van der Waals surface area contributed by atoms with Crippen LogP contribution in [0, 0.1) is 0 Å². The Balaban J connectivity index is 1.15. The Labute approximate surface area is 372 Å². The molecule has 0 fully saturated rings. The first-order valence-corrected chi connectivity index (χ1v) is 24.7.